The second-order valence-corrected chi connectivity index (χ2v) is 11.9. The minimum atomic E-state index is -4.25. The van der Waals surface area contributed by atoms with Crippen LogP contribution >= 0.6 is 22.9 Å². The van der Waals surface area contributed by atoms with Gasteiger partial charge in [0.25, 0.3) is 0 Å². The van der Waals surface area contributed by atoms with Crippen molar-refractivity contribution in [2.45, 2.75) is 24.3 Å². The van der Waals surface area contributed by atoms with Gasteiger partial charge >= 0.3 is 0 Å². The molecule has 0 unspecified atom stereocenters. The molecule has 0 aliphatic carbocycles. The Morgan fingerprint density at radius 1 is 1.11 bits per heavy atom. The number of aromatic nitrogens is 2. The molecular weight excluding hydrogens is 542 g/mol. The molecule has 1 amide bonds. The number of amides is 1. The first-order valence-corrected chi connectivity index (χ1v) is 14.1. The molecule has 0 saturated carbocycles. The average molecular weight is 563 g/mol. The van der Waals surface area contributed by atoms with Crippen molar-refractivity contribution in [3.05, 3.63) is 83.1 Å². The van der Waals surface area contributed by atoms with E-state index in [1.807, 2.05) is 24.3 Å². The number of pyridine rings is 1. The molecular formula is C25H21ClF2N4O3S2. The molecule has 0 N–H and O–H groups in total. The lowest BCUT2D eigenvalue weighted by Crippen LogP contribution is -2.44. The summed E-state index contributed by atoms with van der Waals surface area (Å²) in [5, 5.41) is 0.948. The Balaban J connectivity index is 1.38. The van der Waals surface area contributed by atoms with Gasteiger partial charge < -0.3 is 0 Å². The lowest BCUT2D eigenvalue weighted by atomic mass is 9.96. The number of nitrogens with zero attached hydrogens (tertiary/aromatic N) is 4. The maximum atomic E-state index is 14.2. The summed E-state index contributed by atoms with van der Waals surface area (Å²) in [4.78, 5) is 23.6. The molecule has 7 nitrogen and oxygen atoms in total. The molecule has 2 aromatic carbocycles. The Bertz CT molecular complexity index is 1560. The van der Waals surface area contributed by atoms with E-state index in [1.165, 1.54) is 11.3 Å². The Hall–Kier alpha value is -2.99. The van der Waals surface area contributed by atoms with Crippen molar-refractivity contribution in [3.63, 3.8) is 0 Å². The highest BCUT2D eigenvalue weighted by molar-refractivity contribution is 7.89. The fourth-order valence-electron chi connectivity index (χ4n) is 4.29. The quantitative estimate of drug-likeness (QED) is 0.320. The molecule has 1 aliphatic heterocycles. The summed E-state index contributed by atoms with van der Waals surface area (Å²) in [6.07, 6.45) is 2.08. The summed E-state index contributed by atoms with van der Waals surface area (Å²) < 4.78 is 55.7. The van der Waals surface area contributed by atoms with Crippen LogP contribution in [0.2, 0.25) is 5.02 Å². The SMILES string of the molecule is O=C(C1CCN(S(=O)(=O)c2cc(F)ccc2F)CC1)N(Cc1ccccn1)c1nc2c(Cl)cccc2s1. The first-order chi connectivity index (χ1) is 17.7. The van der Waals surface area contributed by atoms with Crippen LogP contribution in [0.25, 0.3) is 10.2 Å². The Labute approximate surface area is 221 Å². The van der Waals surface area contributed by atoms with E-state index in [0.717, 1.165) is 21.1 Å². The fourth-order valence-corrected chi connectivity index (χ4v) is 7.11. The monoisotopic (exact) mass is 562 g/mol. The minimum Gasteiger partial charge on any atom is -0.282 e. The van der Waals surface area contributed by atoms with Gasteiger partial charge in [0.05, 0.1) is 22.0 Å². The summed E-state index contributed by atoms with van der Waals surface area (Å²) in [6.45, 7) is 0.180. The van der Waals surface area contributed by atoms with Gasteiger partial charge in [-0.25, -0.2) is 22.2 Å². The lowest BCUT2D eigenvalue weighted by Gasteiger charge is -2.33. The van der Waals surface area contributed by atoms with Crippen LogP contribution in [-0.2, 0) is 21.4 Å². The molecule has 192 valence electrons. The smallest absolute Gasteiger partial charge is 0.246 e. The van der Waals surface area contributed by atoms with Crippen LogP contribution in [0.15, 0.2) is 65.7 Å². The molecule has 37 heavy (non-hydrogen) atoms. The van der Waals surface area contributed by atoms with Crippen molar-refractivity contribution in [1.29, 1.82) is 0 Å². The zero-order valence-corrected chi connectivity index (χ0v) is 21.7. The van der Waals surface area contributed by atoms with E-state index >= 15 is 0 Å². The summed E-state index contributed by atoms with van der Waals surface area (Å²) >= 11 is 7.64. The van der Waals surface area contributed by atoms with Gasteiger partial charge in [0.15, 0.2) is 5.13 Å². The second-order valence-electron chi connectivity index (χ2n) is 8.58. The van der Waals surface area contributed by atoms with Crippen LogP contribution in [0, 0.1) is 17.6 Å². The third-order valence-electron chi connectivity index (χ3n) is 6.22. The van der Waals surface area contributed by atoms with Crippen molar-refractivity contribution in [2.24, 2.45) is 5.92 Å². The summed E-state index contributed by atoms with van der Waals surface area (Å²) in [5.41, 5.74) is 1.27. The van der Waals surface area contributed by atoms with E-state index < -0.39 is 32.5 Å². The normalized spacial score (nSPS) is 15.2. The van der Waals surface area contributed by atoms with E-state index in [2.05, 4.69) is 9.97 Å². The summed E-state index contributed by atoms with van der Waals surface area (Å²) in [6, 6.07) is 13.2. The number of anilines is 1. The number of carbonyl (C=O) groups is 1. The van der Waals surface area contributed by atoms with Gasteiger partial charge in [-0.05, 0) is 55.3 Å². The predicted octanol–water partition coefficient (Wildman–Crippen LogP) is 5.26. The number of para-hydroxylation sites is 1. The molecule has 1 saturated heterocycles. The van der Waals surface area contributed by atoms with Gasteiger partial charge in [-0.3, -0.25) is 14.7 Å². The number of hydrogen-bond donors (Lipinski definition) is 0. The lowest BCUT2D eigenvalue weighted by molar-refractivity contribution is -0.123. The highest BCUT2D eigenvalue weighted by atomic mass is 35.5. The second kappa shape index (κ2) is 10.4. The fraction of sp³-hybridized carbons (Fsp3) is 0.240. The van der Waals surface area contributed by atoms with Crippen LogP contribution in [0.4, 0.5) is 13.9 Å². The number of halogens is 3. The largest absolute Gasteiger partial charge is 0.282 e. The van der Waals surface area contributed by atoms with Crippen LogP contribution < -0.4 is 4.90 Å². The molecule has 0 bridgehead atoms. The van der Waals surface area contributed by atoms with E-state index in [4.69, 9.17) is 11.6 Å². The van der Waals surface area contributed by atoms with E-state index in [0.29, 0.717) is 27.4 Å². The van der Waals surface area contributed by atoms with Crippen molar-refractivity contribution < 1.29 is 22.0 Å². The number of sulfonamides is 1. The number of rotatable bonds is 6. The number of benzene rings is 2. The maximum absolute atomic E-state index is 14.2. The molecule has 0 radical (unpaired) electrons. The zero-order valence-electron chi connectivity index (χ0n) is 19.4. The zero-order chi connectivity index (χ0) is 26.2. The number of carbonyl (C=O) groups excluding carboxylic acids is 1. The summed E-state index contributed by atoms with van der Waals surface area (Å²) in [5.74, 6) is -2.56. The maximum Gasteiger partial charge on any atom is 0.246 e. The topological polar surface area (TPSA) is 83.5 Å². The molecule has 5 rings (SSSR count). The van der Waals surface area contributed by atoms with Crippen LogP contribution in [-0.4, -0.2) is 41.7 Å². The van der Waals surface area contributed by atoms with E-state index in [1.54, 1.807) is 23.2 Å². The molecule has 3 heterocycles. The number of piperidine rings is 1. The van der Waals surface area contributed by atoms with E-state index in [-0.39, 0.29) is 38.4 Å². The van der Waals surface area contributed by atoms with E-state index in [9.17, 15) is 22.0 Å². The van der Waals surface area contributed by atoms with Gasteiger partial charge in [-0.1, -0.05) is 35.1 Å². The molecule has 1 fully saturated rings. The summed E-state index contributed by atoms with van der Waals surface area (Å²) in [7, 11) is -4.25. The van der Waals surface area contributed by atoms with Crippen LogP contribution in [0.1, 0.15) is 18.5 Å². The Kier molecular flexibility index (Phi) is 7.21. The van der Waals surface area contributed by atoms with Gasteiger partial charge in [0.2, 0.25) is 15.9 Å². The van der Waals surface area contributed by atoms with Gasteiger partial charge in [0, 0.05) is 25.2 Å². The molecule has 0 atom stereocenters. The standard InChI is InChI=1S/C25H21ClF2N4O3S2/c26-19-5-3-6-21-23(19)30-25(36-21)32(15-18-4-1-2-11-29-18)24(33)16-9-12-31(13-10-16)37(34,35)22-14-17(27)7-8-20(22)28/h1-8,11,14,16H,9-10,12-13,15H2. The third kappa shape index (κ3) is 5.22. The van der Waals surface area contributed by atoms with Crippen molar-refractivity contribution >= 4 is 54.2 Å². The van der Waals surface area contributed by atoms with Crippen molar-refractivity contribution in [1.82, 2.24) is 14.3 Å². The Morgan fingerprint density at radius 3 is 2.59 bits per heavy atom. The number of fused-ring (bicyclic) bond motifs is 1. The Morgan fingerprint density at radius 2 is 1.89 bits per heavy atom. The average Bonchev–Trinajstić information content (AvgIpc) is 3.34. The molecule has 0 spiro atoms. The van der Waals surface area contributed by atoms with Gasteiger partial charge in [-0.15, -0.1) is 0 Å². The first-order valence-electron chi connectivity index (χ1n) is 11.5. The van der Waals surface area contributed by atoms with Crippen molar-refractivity contribution in [2.75, 3.05) is 18.0 Å². The molecule has 12 heteroatoms. The van der Waals surface area contributed by atoms with Crippen molar-refractivity contribution in [3.8, 4) is 0 Å². The minimum absolute atomic E-state index is 0.00219. The predicted molar refractivity (Wildman–Crippen MR) is 138 cm³/mol. The third-order valence-corrected chi connectivity index (χ3v) is 9.48. The molecule has 2 aromatic heterocycles. The highest BCUT2D eigenvalue weighted by Crippen LogP contribution is 2.35. The molecule has 4 aromatic rings. The molecule has 1 aliphatic rings. The number of hydrogen-bond acceptors (Lipinski definition) is 6. The van der Waals surface area contributed by atoms with Crippen LogP contribution in [0.3, 0.4) is 0 Å². The van der Waals surface area contributed by atoms with Crippen LogP contribution in [0.5, 0.6) is 0 Å². The first kappa shape index (κ1) is 25.7. The van der Waals surface area contributed by atoms with Gasteiger partial charge in [0.1, 0.15) is 22.0 Å². The van der Waals surface area contributed by atoms with Gasteiger partial charge in [-0.2, -0.15) is 4.31 Å². The highest BCUT2D eigenvalue weighted by Gasteiger charge is 2.36. The number of thiazole rings is 1.